The van der Waals surface area contributed by atoms with Crippen LogP contribution in [0.4, 0.5) is 5.95 Å². The SMILES string of the molecule is CC(C)C(=O)Nc1nc2c(ncn2[C@H]2C[C@@H](O)[C@@H](C3(C)CC3)O2)c(=O)[nH]1. The molecule has 2 aromatic rings. The predicted octanol–water partition coefficient (Wildman–Crippen LogP) is 1.16. The van der Waals surface area contributed by atoms with Crippen molar-refractivity contribution in [2.75, 3.05) is 5.32 Å². The van der Waals surface area contributed by atoms with E-state index >= 15 is 0 Å². The van der Waals surface area contributed by atoms with Gasteiger partial charge in [-0.1, -0.05) is 20.8 Å². The molecule has 26 heavy (non-hydrogen) atoms. The van der Waals surface area contributed by atoms with Crippen LogP contribution in [0.5, 0.6) is 0 Å². The van der Waals surface area contributed by atoms with Crippen molar-refractivity contribution in [2.45, 2.75) is 58.5 Å². The largest absolute Gasteiger partial charge is 0.390 e. The van der Waals surface area contributed by atoms with Crippen LogP contribution in [-0.4, -0.2) is 42.7 Å². The predicted molar refractivity (Wildman–Crippen MR) is 93.5 cm³/mol. The van der Waals surface area contributed by atoms with E-state index in [1.807, 2.05) is 0 Å². The molecule has 1 saturated carbocycles. The van der Waals surface area contributed by atoms with E-state index in [2.05, 4.69) is 27.2 Å². The molecule has 3 heterocycles. The topological polar surface area (TPSA) is 122 Å². The normalized spacial score (nSPS) is 27.2. The summed E-state index contributed by atoms with van der Waals surface area (Å²) in [4.78, 5) is 35.2. The number of anilines is 1. The van der Waals surface area contributed by atoms with E-state index < -0.39 is 17.9 Å². The van der Waals surface area contributed by atoms with Crippen LogP contribution in [0.1, 0.15) is 46.3 Å². The summed E-state index contributed by atoms with van der Waals surface area (Å²) < 4.78 is 7.74. The molecule has 0 unspecified atom stereocenters. The van der Waals surface area contributed by atoms with Gasteiger partial charge in [-0.05, 0) is 18.3 Å². The summed E-state index contributed by atoms with van der Waals surface area (Å²) in [5, 5.41) is 13.0. The number of hydrogen-bond donors (Lipinski definition) is 3. The molecule has 3 atom stereocenters. The first kappa shape index (κ1) is 17.2. The van der Waals surface area contributed by atoms with Crippen LogP contribution >= 0.6 is 0 Å². The van der Waals surface area contributed by atoms with Gasteiger partial charge in [0.05, 0.1) is 18.5 Å². The summed E-state index contributed by atoms with van der Waals surface area (Å²) in [5.41, 5.74) is 0.0849. The lowest BCUT2D eigenvalue weighted by Gasteiger charge is -2.21. The highest BCUT2D eigenvalue weighted by Gasteiger charge is 2.53. The molecular formula is C17H23N5O4. The van der Waals surface area contributed by atoms with Crippen LogP contribution in [0.2, 0.25) is 0 Å². The molecule has 140 valence electrons. The van der Waals surface area contributed by atoms with Crippen molar-refractivity contribution in [2.24, 2.45) is 11.3 Å². The minimum Gasteiger partial charge on any atom is -0.390 e. The maximum Gasteiger partial charge on any atom is 0.280 e. The highest BCUT2D eigenvalue weighted by molar-refractivity contribution is 5.91. The number of aliphatic hydroxyl groups is 1. The standard InChI is InChI=1S/C17H23N5O4/c1-8(2)14(24)20-16-19-13-11(15(25)21-16)18-7-22(13)10-6-9(23)12(26-10)17(3)4-5-17/h7-10,12,23H,4-6H2,1-3H3,(H2,19,20,21,24,25)/t9-,10-,12+/m1/s1. The van der Waals surface area contributed by atoms with Crippen LogP contribution in [0, 0.1) is 11.3 Å². The molecule has 0 bridgehead atoms. The molecular weight excluding hydrogens is 338 g/mol. The molecule has 2 aliphatic rings. The Bertz CT molecular complexity index is 914. The molecule has 2 fully saturated rings. The Morgan fingerprint density at radius 3 is 2.88 bits per heavy atom. The lowest BCUT2D eigenvalue weighted by Crippen LogP contribution is -2.29. The number of amides is 1. The van der Waals surface area contributed by atoms with Gasteiger partial charge in [-0.15, -0.1) is 0 Å². The van der Waals surface area contributed by atoms with E-state index in [0.717, 1.165) is 12.8 Å². The van der Waals surface area contributed by atoms with Gasteiger partial charge in [-0.3, -0.25) is 24.5 Å². The fourth-order valence-electron chi connectivity index (χ4n) is 3.39. The van der Waals surface area contributed by atoms with Crippen molar-refractivity contribution in [3.05, 3.63) is 16.7 Å². The molecule has 0 spiro atoms. The van der Waals surface area contributed by atoms with Crippen molar-refractivity contribution in [1.29, 1.82) is 0 Å². The number of hydrogen-bond acceptors (Lipinski definition) is 6. The third-order valence-electron chi connectivity index (χ3n) is 5.33. The zero-order valence-electron chi connectivity index (χ0n) is 15.0. The first-order valence-corrected chi connectivity index (χ1v) is 8.90. The van der Waals surface area contributed by atoms with Crippen molar-refractivity contribution in [3.8, 4) is 0 Å². The average Bonchev–Trinajstić information content (AvgIpc) is 3.00. The maximum atomic E-state index is 12.3. The summed E-state index contributed by atoms with van der Waals surface area (Å²) in [6, 6.07) is 0. The number of H-pyrrole nitrogens is 1. The van der Waals surface area contributed by atoms with Gasteiger partial charge in [0.2, 0.25) is 11.9 Å². The third-order valence-corrected chi connectivity index (χ3v) is 5.33. The lowest BCUT2D eigenvalue weighted by atomic mass is 9.97. The monoisotopic (exact) mass is 361 g/mol. The molecule has 2 aromatic heterocycles. The number of aromatic nitrogens is 4. The molecule has 1 saturated heterocycles. The van der Waals surface area contributed by atoms with Gasteiger partial charge in [0.25, 0.3) is 5.56 Å². The Labute approximate surface area is 149 Å². The number of nitrogens with zero attached hydrogens (tertiary/aromatic N) is 3. The smallest absolute Gasteiger partial charge is 0.280 e. The maximum absolute atomic E-state index is 12.3. The van der Waals surface area contributed by atoms with E-state index in [0.29, 0.717) is 12.1 Å². The highest BCUT2D eigenvalue weighted by atomic mass is 16.5. The second-order valence-corrected chi connectivity index (χ2v) is 7.85. The summed E-state index contributed by atoms with van der Waals surface area (Å²) in [6.07, 6.45) is 2.74. The lowest BCUT2D eigenvalue weighted by molar-refractivity contribution is -0.118. The molecule has 4 rings (SSSR count). The van der Waals surface area contributed by atoms with Gasteiger partial charge in [0, 0.05) is 12.3 Å². The zero-order valence-corrected chi connectivity index (χ0v) is 15.0. The second kappa shape index (κ2) is 5.88. The van der Waals surface area contributed by atoms with Gasteiger partial charge in [0.1, 0.15) is 6.23 Å². The first-order chi connectivity index (χ1) is 12.3. The van der Waals surface area contributed by atoms with Crippen LogP contribution < -0.4 is 10.9 Å². The number of rotatable bonds is 4. The van der Waals surface area contributed by atoms with Gasteiger partial charge in [-0.25, -0.2) is 4.98 Å². The molecule has 9 heteroatoms. The Kier molecular flexibility index (Phi) is 3.89. The van der Waals surface area contributed by atoms with Crippen LogP contribution in [0.25, 0.3) is 11.2 Å². The second-order valence-electron chi connectivity index (χ2n) is 7.85. The molecule has 0 aromatic carbocycles. The number of carbonyl (C=O) groups excluding carboxylic acids is 1. The Hall–Kier alpha value is -2.26. The molecule has 1 aliphatic heterocycles. The number of nitrogens with one attached hydrogen (secondary N) is 2. The van der Waals surface area contributed by atoms with Crippen molar-refractivity contribution in [1.82, 2.24) is 19.5 Å². The van der Waals surface area contributed by atoms with Gasteiger partial charge in [-0.2, -0.15) is 4.98 Å². The fourth-order valence-corrected chi connectivity index (χ4v) is 3.39. The Balaban J connectivity index is 1.67. The quantitative estimate of drug-likeness (QED) is 0.751. The molecule has 9 nitrogen and oxygen atoms in total. The van der Waals surface area contributed by atoms with E-state index in [1.54, 1.807) is 18.4 Å². The van der Waals surface area contributed by atoms with Crippen molar-refractivity contribution >= 4 is 23.0 Å². The van der Waals surface area contributed by atoms with Crippen LogP contribution in [0.3, 0.4) is 0 Å². The zero-order chi connectivity index (χ0) is 18.6. The van der Waals surface area contributed by atoms with Crippen LogP contribution in [-0.2, 0) is 9.53 Å². The summed E-state index contributed by atoms with van der Waals surface area (Å²) in [5.74, 6) is -0.408. The van der Waals surface area contributed by atoms with Crippen molar-refractivity contribution < 1.29 is 14.6 Å². The third kappa shape index (κ3) is 2.80. The first-order valence-electron chi connectivity index (χ1n) is 8.90. The van der Waals surface area contributed by atoms with Gasteiger partial charge >= 0.3 is 0 Å². The van der Waals surface area contributed by atoms with E-state index in [-0.39, 0.29) is 34.8 Å². The average molecular weight is 361 g/mol. The Morgan fingerprint density at radius 2 is 2.23 bits per heavy atom. The van der Waals surface area contributed by atoms with Gasteiger partial charge in [0.15, 0.2) is 11.2 Å². The summed E-state index contributed by atoms with van der Waals surface area (Å²) in [6.45, 7) is 5.61. The molecule has 1 aliphatic carbocycles. The minimum atomic E-state index is -0.563. The minimum absolute atomic E-state index is 0.0197. The number of aromatic amines is 1. The summed E-state index contributed by atoms with van der Waals surface area (Å²) in [7, 11) is 0. The van der Waals surface area contributed by atoms with Gasteiger partial charge < -0.3 is 9.84 Å². The number of ether oxygens (including phenoxy) is 1. The van der Waals surface area contributed by atoms with Crippen molar-refractivity contribution in [3.63, 3.8) is 0 Å². The summed E-state index contributed by atoms with van der Waals surface area (Å²) >= 11 is 0. The number of aliphatic hydroxyl groups excluding tert-OH is 1. The Morgan fingerprint density at radius 1 is 1.50 bits per heavy atom. The molecule has 0 radical (unpaired) electrons. The number of imidazole rings is 1. The van der Waals surface area contributed by atoms with E-state index in [1.165, 1.54) is 6.33 Å². The van der Waals surface area contributed by atoms with Crippen LogP contribution in [0.15, 0.2) is 11.1 Å². The van der Waals surface area contributed by atoms with E-state index in [4.69, 9.17) is 4.74 Å². The molecule has 3 N–H and O–H groups in total. The number of fused-ring (bicyclic) bond motifs is 1. The number of carbonyl (C=O) groups is 1. The highest BCUT2D eigenvalue weighted by Crippen LogP contribution is 2.54. The molecule has 1 amide bonds. The fraction of sp³-hybridized carbons (Fsp3) is 0.647. The van der Waals surface area contributed by atoms with E-state index in [9.17, 15) is 14.7 Å².